The van der Waals surface area contributed by atoms with Gasteiger partial charge < -0.3 is 4.74 Å². The highest BCUT2D eigenvalue weighted by atomic mass is 16.5. The molecule has 3 rings (SSSR count). The van der Waals surface area contributed by atoms with Gasteiger partial charge in [-0.1, -0.05) is 6.42 Å². The van der Waals surface area contributed by atoms with Crippen molar-refractivity contribution in [2.45, 2.75) is 38.5 Å². The van der Waals surface area contributed by atoms with Gasteiger partial charge >= 0.3 is 5.97 Å². The van der Waals surface area contributed by atoms with Crippen molar-refractivity contribution in [3.8, 4) is 0 Å². The quantitative estimate of drug-likeness (QED) is 0.599. The maximum Gasteiger partial charge on any atom is 0.312 e. The Morgan fingerprint density at radius 1 is 1.36 bits per heavy atom. The van der Waals surface area contributed by atoms with Crippen molar-refractivity contribution in [3.05, 3.63) is 0 Å². The summed E-state index contributed by atoms with van der Waals surface area (Å²) < 4.78 is 5.05. The van der Waals surface area contributed by atoms with Gasteiger partial charge in [-0.25, -0.2) is 0 Å². The lowest BCUT2D eigenvalue weighted by atomic mass is 9.68. The monoisotopic (exact) mass is 194 g/mol. The van der Waals surface area contributed by atoms with Gasteiger partial charge in [0.1, 0.15) is 0 Å². The number of carbonyl (C=O) groups is 1. The predicted octanol–water partition coefficient (Wildman–Crippen LogP) is 2.38. The topological polar surface area (TPSA) is 26.3 Å². The molecule has 2 bridgehead atoms. The summed E-state index contributed by atoms with van der Waals surface area (Å²) in [5.41, 5.74) is -0.0301. The van der Waals surface area contributed by atoms with E-state index in [4.69, 9.17) is 4.74 Å². The van der Waals surface area contributed by atoms with E-state index in [-0.39, 0.29) is 11.4 Å². The van der Waals surface area contributed by atoms with Crippen LogP contribution >= 0.6 is 0 Å². The van der Waals surface area contributed by atoms with Crippen LogP contribution in [-0.4, -0.2) is 13.1 Å². The molecule has 0 aliphatic heterocycles. The average Bonchev–Trinajstić information content (AvgIpc) is 2.87. The van der Waals surface area contributed by atoms with Gasteiger partial charge in [0.05, 0.1) is 12.5 Å². The lowest BCUT2D eigenvalue weighted by Crippen LogP contribution is -2.40. The Balaban J connectivity index is 1.99. The minimum Gasteiger partial charge on any atom is -0.469 e. The molecule has 14 heavy (non-hydrogen) atoms. The standard InChI is InChI=1S/C12H18O2/c1-14-11(13)12-6-2-3-10(12)8-4-5-9(12)7-8/h8-10H,2-7H2,1H3/t8-,9+,10-,12+/m1/s1. The summed E-state index contributed by atoms with van der Waals surface area (Å²) in [5, 5.41) is 0. The first-order valence-corrected chi connectivity index (χ1v) is 5.87. The molecule has 0 aromatic heterocycles. The van der Waals surface area contributed by atoms with Gasteiger partial charge in [0.2, 0.25) is 0 Å². The number of carbonyl (C=O) groups excluding carboxylic acids is 1. The van der Waals surface area contributed by atoms with Crippen LogP contribution in [0.3, 0.4) is 0 Å². The van der Waals surface area contributed by atoms with E-state index in [1.165, 1.54) is 32.1 Å². The van der Waals surface area contributed by atoms with Gasteiger partial charge in [-0.05, 0) is 49.9 Å². The number of ether oxygens (including phenoxy) is 1. The van der Waals surface area contributed by atoms with E-state index in [0.717, 1.165) is 12.3 Å². The molecule has 0 amide bonds. The summed E-state index contributed by atoms with van der Waals surface area (Å²) in [5.74, 6) is 2.29. The van der Waals surface area contributed by atoms with E-state index < -0.39 is 0 Å². The van der Waals surface area contributed by atoms with Crippen LogP contribution in [-0.2, 0) is 9.53 Å². The maximum atomic E-state index is 12.0. The number of fused-ring (bicyclic) bond motifs is 5. The van der Waals surface area contributed by atoms with Gasteiger partial charge in [0.25, 0.3) is 0 Å². The van der Waals surface area contributed by atoms with Crippen LogP contribution in [0.1, 0.15) is 38.5 Å². The molecule has 2 heteroatoms. The molecule has 0 radical (unpaired) electrons. The minimum absolute atomic E-state index is 0.0301. The zero-order valence-corrected chi connectivity index (χ0v) is 8.79. The fourth-order valence-electron chi connectivity index (χ4n) is 4.68. The second kappa shape index (κ2) is 2.74. The fraction of sp³-hybridized carbons (Fsp3) is 0.917. The molecule has 0 spiro atoms. The minimum atomic E-state index is -0.0301. The van der Waals surface area contributed by atoms with E-state index in [9.17, 15) is 4.79 Å². The molecule has 3 aliphatic carbocycles. The van der Waals surface area contributed by atoms with E-state index in [2.05, 4.69) is 0 Å². The van der Waals surface area contributed by atoms with Crippen LogP contribution in [0, 0.1) is 23.2 Å². The molecule has 3 aliphatic rings. The molecule has 0 unspecified atom stereocenters. The fourth-order valence-corrected chi connectivity index (χ4v) is 4.68. The summed E-state index contributed by atoms with van der Waals surface area (Å²) in [7, 11) is 1.55. The largest absolute Gasteiger partial charge is 0.469 e. The number of rotatable bonds is 1. The molecule has 3 fully saturated rings. The first kappa shape index (κ1) is 8.75. The molecule has 3 saturated carbocycles. The van der Waals surface area contributed by atoms with Crippen molar-refractivity contribution in [1.82, 2.24) is 0 Å². The van der Waals surface area contributed by atoms with Crippen molar-refractivity contribution in [2.75, 3.05) is 7.11 Å². The third-order valence-corrected chi connectivity index (χ3v) is 5.10. The molecule has 0 heterocycles. The van der Waals surface area contributed by atoms with Gasteiger partial charge in [-0.3, -0.25) is 4.79 Å². The predicted molar refractivity (Wildman–Crippen MR) is 52.6 cm³/mol. The summed E-state index contributed by atoms with van der Waals surface area (Å²) in [6.45, 7) is 0. The van der Waals surface area contributed by atoms with Crippen molar-refractivity contribution in [3.63, 3.8) is 0 Å². The van der Waals surface area contributed by atoms with E-state index in [0.29, 0.717) is 11.8 Å². The zero-order chi connectivity index (χ0) is 9.76. The highest BCUT2D eigenvalue weighted by Crippen LogP contribution is 2.66. The number of esters is 1. The van der Waals surface area contributed by atoms with E-state index >= 15 is 0 Å². The first-order chi connectivity index (χ1) is 6.79. The Bertz CT molecular complexity index is 273. The smallest absolute Gasteiger partial charge is 0.312 e. The highest BCUT2D eigenvalue weighted by molar-refractivity contribution is 5.78. The SMILES string of the molecule is COC(=O)[C@]12CCC[C@@H]1[C@@H]1CC[C@H]2C1. The highest BCUT2D eigenvalue weighted by Gasteiger charge is 2.64. The number of methoxy groups -OCH3 is 1. The normalized spacial score (nSPS) is 49.4. The Labute approximate surface area is 85.0 Å². The second-order valence-electron chi connectivity index (χ2n) is 5.30. The van der Waals surface area contributed by atoms with Gasteiger partial charge in [-0.2, -0.15) is 0 Å². The summed E-state index contributed by atoms with van der Waals surface area (Å²) in [6, 6.07) is 0. The van der Waals surface area contributed by atoms with Crippen LogP contribution in [0.15, 0.2) is 0 Å². The molecule has 0 aromatic carbocycles. The molecule has 4 atom stereocenters. The first-order valence-electron chi connectivity index (χ1n) is 5.87. The van der Waals surface area contributed by atoms with Crippen molar-refractivity contribution >= 4 is 5.97 Å². The Morgan fingerprint density at radius 3 is 3.00 bits per heavy atom. The number of hydrogen-bond acceptors (Lipinski definition) is 2. The Hall–Kier alpha value is -0.530. The van der Waals surface area contributed by atoms with Crippen molar-refractivity contribution in [2.24, 2.45) is 23.2 Å². The van der Waals surface area contributed by atoms with Crippen LogP contribution in [0.4, 0.5) is 0 Å². The third-order valence-electron chi connectivity index (χ3n) is 5.10. The third kappa shape index (κ3) is 0.807. The van der Waals surface area contributed by atoms with Crippen molar-refractivity contribution in [1.29, 1.82) is 0 Å². The van der Waals surface area contributed by atoms with Crippen LogP contribution in [0.2, 0.25) is 0 Å². The molecular formula is C12H18O2. The van der Waals surface area contributed by atoms with Crippen LogP contribution in [0.5, 0.6) is 0 Å². The lowest BCUT2D eigenvalue weighted by Gasteiger charge is -2.36. The summed E-state index contributed by atoms with van der Waals surface area (Å²) in [6.07, 6.45) is 7.57. The second-order valence-corrected chi connectivity index (χ2v) is 5.30. The van der Waals surface area contributed by atoms with Crippen LogP contribution < -0.4 is 0 Å². The molecule has 0 aromatic rings. The average molecular weight is 194 g/mol. The molecule has 2 nitrogen and oxygen atoms in total. The summed E-state index contributed by atoms with van der Waals surface area (Å²) >= 11 is 0. The Kier molecular flexibility index (Phi) is 1.71. The molecule has 0 N–H and O–H groups in total. The summed E-state index contributed by atoms with van der Waals surface area (Å²) in [4.78, 5) is 12.0. The Morgan fingerprint density at radius 2 is 2.21 bits per heavy atom. The van der Waals surface area contributed by atoms with Gasteiger partial charge in [0, 0.05) is 0 Å². The molecule has 78 valence electrons. The van der Waals surface area contributed by atoms with Crippen molar-refractivity contribution < 1.29 is 9.53 Å². The maximum absolute atomic E-state index is 12.0. The van der Waals surface area contributed by atoms with E-state index in [1.807, 2.05) is 0 Å². The molecule has 0 saturated heterocycles. The van der Waals surface area contributed by atoms with Gasteiger partial charge in [0.15, 0.2) is 0 Å². The van der Waals surface area contributed by atoms with E-state index in [1.54, 1.807) is 7.11 Å². The van der Waals surface area contributed by atoms with Crippen LogP contribution in [0.25, 0.3) is 0 Å². The number of hydrogen-bond donors (Lipinski definition) is 0. The zero-order valence-electron chi connectivity index (χ0n) is 8.79. The molecular weight excluding hydrogens is 176 g/mol. The lowest BCUT2D eigenvalue weighted by molar-refractivity contribution is -0.158. The van der Waals surface area contributed by atoms with Gasteiger partial charge in [-0.15, -0.1) is 0 Å².